The van der Waals surface area contributed by atoms with Crippen molar-refractivity contribution in [1.29, 1.82) is 0 Å². The van der Waals surface area contributed by atoms with Crippen LogP contribution in [-0.4, -0.2) is 68.7 Å². The molecule has 0 aliphatic heterocycles. The number of nitrogens with one attached hydrogen (secondary N) is 4. The number of nitrogens with two attached hydrogens (primary N) is 1. The van der Waals surface area contributed by atoms with Gasteiger partial charge in [0.05, 0.1) is 12.4 Å². The van der Waals surface area contributed by atoms with Crippen molar-refractivity contribution >= 4 is 36.3 Å². The number of H-pyrrole nitrogens is 1. The topological polar surface area (TPSA) is 179 Å². The molecule has 11 nitrogen and oxygen atoms in total. The second-order valence-electron chi connectivity index (χ2n) is 5.94. The number of carbonyl (C=O) groups is 4. The third kappa shape index (κ3) is 7.27. The monoisotopic (exact) mass is 400 g/mol. The van der Waals surface area contributed by atoms with Crippen molar-refractivity contribution in [2.24, 2.45) is 5.73 Å². The lowest BCUT2D eigenvalue weighted by Gasteiger charge is -2.22. The summed E-state index contributed by atoms with van der Waals surface area (Å²) >= 11 is 4.02. The maximum Gasteiger partial charge on any atom is 0.326 e. The van der Waals surface area contributed by atoms with Gasteiger partial charge in [-0.25, -0.2) is 9.78 Å². The molecule has 7 N–H and O–H groups in total. The van der Waals surface area contributed by atoms with E-state index in [2.05, 4.69) is 38.5 Å². The van der Waals surface area contributed by atoms with E-state index in [9.17, 15) is 24.3 Å². The maximum atomic E-state index is 12.3. The Balaban J connectivity index is 2.67. The number of hydrogen-bond acceptors (Lipinski definition) is 7. The minimum absolute atomic E-state index is 0.00480. The molecule has 0 unspecified atom stereocenters. The number of carbonyl (C=O) groups excluding carboxylic acids is 3. The molecule has 0 saturated carbocycles. The van der Waals surface area contributed by atoms with Crippen LogP contribution < -0.4 is 21.7 Å². The molecule has 0 aromatic carbocycles. The number of aromatic amines is 1. The van der Waals surface area contributed by atoms with Gasteiger partial charge in [-0.05, 0) is 13.8 Å². The normalized spacial score (nSPS) is 15.1. The first-order valence-corrected chi connectivity index (χ1v) is 8.76. The Morgan fingerprint density at radius 2 is 1.78 bits per heavy atom. The number of carboxylic acids is 1. The van der Waals surface area contributed by atoms with Gasteiger partial charge in [-0.2, -0.15) is 12.6 Å². The molecule has 1 heterocycles. The third-order valence-electron chi connectivity index (χ3n) is 3.57. The number of rotatable bonds is 10. The number of imidazole rings is 1. The van der Waals surface area contributed by atoms with Crippen LogP contribution in [0.4, 0.5) is 0 Å². The first-order chi connectivity index (χ1) is 12.6. The predicted octanol–water partition coefficient (Wildman–Crippen LogP) is -2.21. The molecule has 0 radical (unpaired) electrons. The van der Waals surface area contributed by atoms with Crippen molar-refractivity contribution in [2.45, 2.75) is 44.4 Å². The fraction of sp³-hybridized carbons (Fsp3) is 0.533. The highest BCUT2D eigenvalue weighted by atomic mass is 32.1. The SMILES string of the molecule is C[C@H](N)C(=O)N[C@@H](C)C(=O)N[C@@H](CS)C(=O)N[C@@H](Cc1cnc[nH]1)C(=O)O. The zero-order chi connectivity index (χ0) is 20.6. The smallest absolute Gasteiger partial charge is 0.326 e. The molecular formula is C15H24N6O5S. The second kappa shape index (κ2) is 10.5. The van der Waals surface area contributed by atoms with Crippen LogP contribution >= 0.6 is 12.6 Å². The molecule has 27 heavy (non-hydrogen) atoms. The molecule has 0 saturated heterocycles. The summed E-state index contributed by atoms with van der Waals surface area (Å²) in [6.07, 6.45) is 2.84. The Labute approximate surface area is 161 Å². The summed E-state index contributed by atoms with van der Waals surface area (Å²) < 4.78 is 0. The van der Waals surface area contributed by atoms with Crippen molar-refractivity contribution in [3.63, 3.8) is 0 Å². The lowest BCUT2D eigenvalue weighted by molar-refractivity contribution is -0.142. The Hall–Kier alpha value is -2.60. The average molecular weight is 400 g/mol. The molecule has 0 spiro atoms. The summed E-state index contributed by atoms with van der Waals surface area (Å²) in [4.78, 5) is 53.9. The zero-order valence-electron chi connectivity index (χ0n) is 14.9. The first kappa shape index (κ1) is 22.4. The van der Waals surface area contributed by atoms with E-state index in [0.29, 0.717) is 5.69 Å². The van der Waals surface area contributed by atoms with Gasteiger partial charge < -0.3 is 31.8 Å². The highest BCUT2D eigenvalue weighted by molar-refractivity contribution is 7.80. The van der Waals surface area contributed by atoms with Crippen LogP contribution in [0.25, 0.3) is 0 Å². The molecule has 1 aromatic rings. The van der Waals surface area contributed by atoms with Crippen molar-refractivity contribution < 1.29 is 24.3 Å². The van der Waals surface area contributed by atoms with Crippen LogP contribution in [-0.2, 0) is 25.6 Å². The number of aliphatic carboxylic acids is 1. The van der Waals surface area contributed by atoms with E-state index in [1.165, 1.54) is 26.4 Å². The highest BCUT2D eigenvalue weighted by Crippen LogP contribution is 2.01. The first-order valence-electron chi connectivity index (χ1n) is 8.13. The van der Waals surface area contributed by atoms with E-state index in [-0.39, 0.29) is 12.2 Å². The van der Waals surface area contributed by atoms with Crippen LogP contribution in [0.5, 0.6) is 0 Å². The van der Waals surface area contributed by atoms with E-state index >= 15 is 0 Å². The van der Waals surface area contributed by atoms with E-state index < -0.39 is 47.9 Å². The molecule has 0 fully saturated rings. The van der Waals surface area contributed by atoms with Gasteiger partial charge >= 0.3 is 5.97 Å². The molecule has 4 atom stereocenters. The van der Waals surface area contributed by atoms with Crippen LogP contribution in [0.1, 0.15) is 19.5 Å². The summed E-state index contributed by atoms with van der Waals surface area (Å²) in [5.41, 5.74) is 5.95. The molecule has 1 aromatic heterocycles. The number of amides is 3. The standard InChI is InChI=1S/C15H24N6O5S/c1-7(16)12(22)19-8(2)13(23)21-11(5-27)14(24)20-10(15(25)26)3-9-4-17-6-18-9/h4,6-8,10-11,27H,3,5,16H2,1-2H3,(H,17,18)(H,19,22)(H,20,24)(H,21,23)(H,25,26)/t7-,8-,10-,11-/m0/s1. The molecule has 12 heteroatoms. The summed E-state index contributed by atoms with van der Waals surface area (Å²) in [6.45, 7) is 2.90. The number of thiol groups is 1. The largest absolute Gasteiger partial charge is 0.480 e. The molecule has 3 amide bonds. The van der Waals surface area contributed by atoms with Gasteiger partial charge in [-0.3, -0.25) is 14.4 Å². The van der Waals surface area contributed by atoms with Crippen LogP contribution in [0.15, 0.2) is 12.5 Å². The molecule has 150 valence electrons. The van der Waals surface area contributed by atoms with Gasteiger partial charge in [-0.15, -0.1) is 0 Å². The molecular weight excluding hydrogens is 376 g/mol. The van der Waals surface area contributed by atoms with Gasteiger partial charge in [-0.1, -0.05) is 0 Å². The molecule has 0 aliphatic carbocycles. The van der Waals surface area contributed by atoms with Crippen LogP contribution in [0.2, 0.25) is 0 Å². The zero-order valence-corrected chi connectivity index (χ0v) is 15.8. The van der Waals surface area contributed by atoms with Crippen molar-refractivity contribution in [2.75, 3.05) is 5.75 Å². The van der Waals surface area contributed by atoms with Gasteiger partial charge in [0, 0.05) is 24.1 Å². The Morgan fingerprint density at radius 1 is 1.15 bits per heavy atom. The Bertz CT molecular complexity index is 666. The van der Waals surface area contributed by atoms with Crippen molar-refractivity contribution in [1.82, 2.24) is 25.9 Å². The summed E-state index contributed by atoms with van der Waals surface area (Å²) in [6, 6.07) is -4.02. The van der Waals surface area contributed by atoms with Gasteiger partial charge in [0.15, 0.2) is 0 Å². The third-order valence-corrected chi connectivity index (χ3v) is 3.94. The minimum Gasteiger partial charge on any atom is -0.480 e. The van der Waals surface area contributed by atoms with E-state index in [0.717, 1.165) is 0 Å². The van der Waals surface area contributed by atoms with Crippen molar-refractivity contribution in [3.8, 4) is 0 Å². The predicted molar refractivity (Wildman–Crippen MR) is 98.9 cm³/mol. The summed E-state index contributed by atoms with van der Waals surface area (Å²) in [5, 5.41) is 16.4. The quantitative estimate of drug-likeness (QED) is 0.217. The number of hydrogen-bond donors (Lipinski definition) is 7. The number of aromatic nitrogens is 2. The molecule has 1 rings (SSSR count). The van der Waals surface area contributed by atoms with Gasteiger partial charge in [0.25, 0.3) is 0 Å². The number of nitrogens with zero attached hydrogens (tertiary/aromatic N) is 1. The van der Waals surface area contributed by atoms with E-state index in [1.807, 2.05) is 0 Å². The average Bonchev–Trinajstić information content (AvgIpc) is 3.11. The molecule has 0 bridgehead atoms. The maximum absolute atomic E-state index is 12.3. The highest BCUT2D eigenvalue weighted by Gasteiger charge is 2.28. The Morgan fingerprint density at radius 3 is 2.26 bits per heavy atom. The lowest BCUT2D eigenvalue weighted by Crippen LogP contribution is -2.57. The minimum atomic E-state index is -1.24. The van der Waals surface area contributed by atoms with Gasteiger partial charge in [0.2, 0.25) is 17.7 Å². The van der Waals surface area contributed by atoms with E-state index in [4.69, 9.17) is 5.73 Å². The summed E-state index contributed by atoms with van der Waals surface area (Å²) in [5.74, 6) is -3.16. The van der Waals surface area contributed by atoms with Crippen molar-refractivity contribution in [3.05, 3.63) is 18.2 Å². The fourth-order valence-electron chi connectivity index (χ4n) is 1.99. The fourth-order valence-corrected chi connectivity index (χ4v) is 2.25. The molecule has 0 aliphatic rings. The van der Waals surface area contributed by atoms with Crippen LogP contribution in [0, 0.1) is 0 Å². The van der Waals surface area contributed by atoms with Gasteiger partial charge in [0.1, 0.15) is 18.1 Å². The Kier molecular flexibility index (Phi) is 8.75. The second-order valence-corrected chi connectivity index (χ2v) is 6.31. The number of carboxylic acid groups (broad SMARTS) is 1. The van der Waals surface area contributed by atoms with E-state index in [1.54, 1.807) is 0 Å². The summed E-state index contributed by atoms with van der Waals surface area (Å²) in [7, 11) is 0. The lowest BCUT2D eigenvalue weighted by atomic mass is 10.1. The van der Waals surface area contributed by atoms with Crippen LogP contribution in [0.3, 0.4) is 0 Å².